The van der Waals surface area contributed by atoms with Crippen molar-refractivity contribution in [3.8, 4) is 5.69 Å². The first-order valence-electron chi connectivity index (χ1n) is 23.0. The normalized spacial score (nSPS) is 24.5. The zero-order valence-corrected chi connectivity index (χ0v) is 37.6. The van der Waals surface area contributed by atoms with Crippen LogP contribution in [-0.4, -0.2) is 84.6 Å². The molecular weight excluding hydrogens is 847 g/mol. The van der Waals surface area contributed by atoms with Gasteiger partial charge in [-0.05, 0) is 123 Å². The Labute approximate surface area is 379 Å². The van der Waals surface area contributed by atoms with Crippen molar-refractivity contribution < 1.29 is 27.9 Å². The lowest BCUT2D eigenvalue weighted by Crippen LogP contribution is -2.44. The Morgan fingerprint density at radius 3 is 2.41 bits per heavy atom. The number of carbonyl (C=O) groups excluding carboxylic acids is 1. The highest BCUT2D eigenvalue weighted by Gasteiger charge is 2.59. The Balaban J connectivity index is 0.941. The quantitative estimate of drug-likeness (QED) is 0.170. The van der Waals surface area contributed by atoms with Crippen LogP contribution in [0.2, 0.25) is 0 Å². The van der Waals surface area contributed by atoms with Crippen molar-refractivity contribution in [2.75, 3.05) is 42.1 Å². The van der Waals surface area contributed by atoms with Crippen LogP contribution < -0.4 is 20.6 Å². The minimum Gasteiger partial charge on any atom is -0.375 e. The first-order valence-corrected chi connectivity index (χ1v) is 23.0. The molecule has 15 nitrogen and oxygen atoms in total. The van der Waals surface area contributed by atoms with Crippen molar-refractivity contribution in [1.29, 1.82) is 0 Å². The van der Waals surface area contributed by atoms with Gasteiger partial charge >= 0.3 is 5.76 Å². The van der Waals surface area contributed by atoms with Crippen LogP contribution in [0, 0.1) is 31.4 Å². The lowest BCUT2D eigenvalue weighted by molar-refractivity contribution is -0.133. The lowest BCUT2D eigenvalue weighted by Gasteiger charge is -2.47. The molecular formula is C49H52F2N10O5. The highest BCUT2D eigenvalue weighted by atomic mass is 19.1. The van der Waals surface area contributed by atoms with E-state index in [1.54, 1.807) is 58.9 Å². The summed E-state index contributed by atoms with van der Waals surface area (Å²) >= 11 is 0. The molecule has 0 radical (unpaired) electrons. The molecule has 2 aliphatic carbocycles. The van der Waals surface area contributed by atoms with E-state index in [0.717, 1.165) is 54.6 Å². The molecule has 4 aliphatic heterocycles. The predicted octanol–water partition coefficient (Wildman–Crippen LogP) is 7.07. The number of aromatic nitrogens is 5. The molecule has 12 rings (SSSR count). The fourth-order valence-corrected chi connectivity index (χ4v) is 11.7. The number of fused-ring (bicyclic) bond motifs is 3. The molecule has 3 aromatic carbocycles. The first kappa shape index (κ1) is 41.2. The van der Waals surface area contributed by atoms with Gasteiger partial charge < -0.3 is 29.2 Å². The molecule has 6 aromatic rings. The summed E-state index contributed by atoms with van der Waals surface area (Å²) in [7, 11) is 3.77. The zero-order valence-electron chi connectivity index (χ0n) is 37.6. The number of nitrogens with zero attached hydrogens (tertiary/aromatic N) is 9. The van der Waals surface area contributed by atoms with Gasteiger partial charge in [0.15, 0.2) is 11.6 Å². The molecule has 66 heavy (non-hydrogen) atoms. The number of aryl methyl sites for hydroxylation is 2. The molecule has 2 N–H and O–H groups in total. The third-order valence-electron chi connectivity index (χ3n) is 15.6. The number of carbonyl (C=O) groups is 1. The van der Waals surface area contributed by atoms with Gasteiger partial charge in [0.25, 0.3) is 5.91 Å². The number of halogens is 2. The van der Waals surface area contributed by atoms with Crippen molar-refractivity contribution in [2.24, 2.45) is 5.92 Å². The Morgan fingerprint density at radius 2 is 1.70 bits per heavy atom. The van der Waals surface area contributed by atoms with Gasteiger partial charge in [0.2, 0.25) is 6.35 Å². The van der Waals surface area contributed by atoms with Crippen LogP contribution in [0.4, 0.5) is 26.0 Å². The van der Waals surface area contributed by atoms with Gasteiger partial charge in [-0.1, -0.05) is 18.1 Å². The molecule has 17 heteroatoms. The number of hydrogen-bond donors (Lipinski definition) is 2. The van der Waals surface area contributed by atoms with Gasteiger partial charge in [0.05, 0.1) is 34.9 Å². The minimum atomic E-state index is -1.39. The average Bonchev–Trinajstić information content (AvgIpc) is 3.89. The summed E-state index contributed by atoms with van der Waals surface area (Å²) in [5.41, 5.74) is 6.04. The van der Waals surface area contributed by atoms with E-state index in [4.69, 9.17) is 14.4 Å². The highest BCUT2D eigenvalue weighted by molar-refractivity contribution is 5.99. The Hall–Kier alpha value is -6.30. The number of nitrogens with one attached hydrogen (secondary N) is 1. The molecule has 1 spiro atoms. The molecule has 1 saturated heterocycles. The smallest absolute Gasteiger partial charge is 0.375 e. The number of hydrogen-bond acceptors (Lipinski definition) is 11. The number of H-pyrrole nitrogens is 1. The highest BCUT2D eigenvalue weighted by Crippen LogP contribution is 2.56. The van der Waals surface area contributed by atoms with E-state index in [2.05, 4.69) is 39.8 Å². The van der Waals surface area contributed by atoms with E-state index in [9.17, 15) is 9.90 Å². The number of aromatic amines is 1. The number of benzene rings is 3. The van der Waals surface area contributed by atoms with Crippen molar-refractivity contribution in [3.63, 3.8) is 0 Å². The third-order valence-corrected chi connectivity index (χ3v) is 15.6. The summed E-state index contributed by atoms with van der Waals surface area (Å²) in [6, 6.07) is 15.4. The zero-order chi connectivity index (χ0) is 45.6. The summed E-state index contributed by atoms with van der Waals surface area (Å²) < 4.78 is 46.6. The Morgan fingerprint density at radius 1 is 0.939 bits per heavy atom. The maximum absolute atomic E-state index is 16.4. The van der Waals surface area contributed by atoms with Crippen LogP contribution in [0.3, 0.4) is 0 Å². The number of aliphatic hydroxyl groups is 1. The summed E-state index contributed by atoms with van der Waals surface area (Å²) in [5, 5.41) is 26.2. The molecule has 3 aromatic heterocycles. The van der Waals surface area contributed by atoms with E-state index in [1.165, 1.54) is 16.9 Å². The number of rotatable bonds is 7. The first-order chi connectivity index (χ1) is 31.7. The van der Waals surface area contributed by atoms with Gasteiger partial charge in [0.1, 0.15) is 22.9 Å². The van der Waals surface area contributed by atoms with Crippen molar-refractivity contribution in [2.45, 2.75) is 102 Å². The standard InChI is InChI=1S/C49H52F2N10O5/c1-27-19-33(20-28(2)41(27)50)61-43(59-17-16-58(47(59)64)39-10-9-38-35(42(39)51)25-55(4)56(38)5)34-26-57(15-11-36(34)53-61)44(62)40-22-32-21-30(31-12-18-65-48(24-31)13-6-14-48)7-8-37(32)60(40)49(23-29(49)3)45-52-46(63)66-54-45/h7-10,16-17,19-22,29,31,47,64H,6,11-15,18,23-26H2,1-5H3,(H,52,54,63)/t29-,31?,47?,49-/m0/s1. The molecule has 4 atom stereocenters. The summed E-state index contributed by atoms with van der Waals surface area (Å²) in [6.45, 7) is 7.06. The summed E-state index contributed by atoms with van der Waals surface area (Å²) in [4.78, 5) is 35.6. The van der Waals surface area contributed by atoms with Crippen LogP contribution in [-0.2, 0) is 29.8 Å². The maximum atomic E-state index is 16.4. The van der Waals surface area contributed by atoms with Crippen LogP contribution in [0.15, 0.2) is 70.2 Å². The largest absolute Gasteiger partial charge is 0.438 e. The Bertz CT molecular complexity index is 3070. The van der Waals surface area contributed by atoms with Crippen molar-refractivity contribution >= 4 is 34.0 Å². The molecule has 2 saturated carbocycles. The fraction of sp³-hybridized carbons (Fsp3) is 0.429. The Kier molecular flexibility index (Phi) is 9.10. The van der Waals surface area contributed by atoms with Crippen molar-refractivity contribution in [1.82, 2.24) is 34.4 Å². The summed E-state index contributed by atoms with van der Waals surface area (Å²) in [6.07, 6.45) is 8.24. The molecule has 1 amide bonds. The van der Waals surface area contributed by atoms with E-state index in [-0.39, 0.29) is 35.5 Å². The van der Waals surface area contributed by atoms with E-state index in [1.807, 2.05) is 36.2 Å². The van der Waals surface area contributed by atoms with E-state index < -0.39 is 23.5 Å². The molecule has 6 aliphatic rings. The molecule has 7 heterocycles. The molecule has 0 bridgehead atoms. The van der Waals surface area contributed by atoms with E-state index in [0.29, 0.717) is 77.1 Å². The number of aliphatic hydroxyl groups excluding tert-OH is 1. The fourth-order valence-electron chi connectivity index (χ4n) is 11.7. The lowest BCUT2D eigenvalue weighted by atomic mass is 9.70. The van der Waals surface area contributed by atoms with Crippen LogP contribution in [0.5, 0.6) is 0 Å². The number of amides is 1. The number of hydrazine groups is 1. The van der Waals surface area contributed by atoms with Gasteiger partial charge in [-0.25, -0.2) is 23.3 Å². The summed E-state index contributed by atoms with van der Waals surface area (Å²) in [5.74, 6) is -0.416. The number of ether oxygens (including phenoxy) is 1. The second-order valence-corrected chi connectivity index (χ2v) is 19.5. The topological polar surface area (TPSA) is 144 Å². The van der Waals surface area contributed by atoms with Gasteiger partial charge in [-0.15, -0.1) is 0 Å². The number of anilines is 3. The van der Waals surface area contributed by atoms with Gasteiger partial charge in [-0.2, -0.15) is 5.10 Å². The molecule has 2 unspecified atom stereocenters. The second kappa shape index (κ2) is 14.6. The maximum Gasteiger partial charge on any atom is 0.438 e. The SMILES string of the molecule is Cc1cc(-n2nc3c(c2N2C=CN(c4ccc5c(c4F)CN(C)N5C)C2O)CN(C(=O)c2cc4cc(C5CCOC6(CCC6)C5)ccc4n2[C@@]2(c4noc(=O)[nH]4)C[C@@H]2C)CC3)cc(C)c1F. The molecule has 342 valence electrons. The third kappa shape index (κ3) is 6.01. The van der Waals surface area contributed by atoms with Crippen LogP contribution in [0.25, 0.3) is 16.6 Å². The van der Waals surface area contributed by atoms with E-state index >= 15 is 13.6 Å². The van der Waals surface area contributed by atoms with Crippen LogP contribution in [0.1, 0.15) is 101 Å². The minimum absolute atomic E-state index is 0.0261. The van der Waals surface area contributed by atoms with Gasteiger partial charge in [0, 0.05) is 74.6 Å². The van der Waals surface area contributed by atoms with Crippen LogP contribution >= 0.6 is 0 Å². The molecule has 3 fully saturated rings. The second-order valence-electron chi connectivity index (χ2n) is 19.5. The van der Waals surface area contributed by atoms with Crippen molar-refractivity contribution in [3.05, 3.63) is 128 Å². The average molecular weight is 899 g/mol. The predicted molar refractivity (Wildman–Crippen MR) is 242 cm³/mol. The monoisotopic (exact) mass is 898 g/mol. The van der Waals surface area contributed by atoms with Gasteiger partial charge in [-0.3, -0.25) is 19.2 Å².